The second kappa shape index (κ2) is 4.69. The number of nitrogens with two attached hydrogens (primary N) is 1. The molecule has 1 unspecified atom stereocenters. The molecule has 6 nitrogen and oxygen atoms in total. The molecule has 0 bridgehead atoms. The average Bonchev–Trinajstić information content (AvgIpc) is 2.29. The van der Waals surface area contributed by atoms with Crippen molar-refractivity contribution in [2.45, 2.75) is 5.37 Å². The number of sulfone groups is 1. The number of rotatable bonds is 2. The summed E-state index contributed by atoms with van der Waals surface area (Å²) in [5, 5.41) is -0.551. The van der Waals surface area contributed by atoms with Crippen molar-refractivity contribution >= 4 is 33.2 Å². The van der Waals surface area contributed by atoms with E-state index in [2.05, 4.69) is 9.97 Å². The molecular formula is C9H14N4O2S2. The minimum atomic E-state index is -3.14. The first-order valence-electron chi connectivity index (χ1n) is 5.09. The fourth-order valence-corrected chi connectivity index (χ4v) is 4.46. The van der Waals surface area contributed by atoms with Gasteiger partial charge in [0.25, 0.3) is 0 Å². The van der Waals surface area contributed by atoms with Crippen molar-refractivity contribution < 1.29 is 8.42 Å². The molecule has 0 amide bonds. The number of hydrogen-bond acceptors (Lipinski definition) is 7. The van der Waals surface area contributed by atoms with Gasteiger partial charge in [-0.15, -0.1) is 0 Å². The van der Waals surface area contributed by atoms with E-state index >= 15 is 0 Å². The number of hydrogen-bond donors (Lipinski definition) is 1. The van der Waals surface area contributed by atoms with E-state index in [0.29, 0.717) is 23.9 Å². The van der Waals surface area contributed by atoms with Gasteiger partial charge in [-0.05, 0) is 0 Å². The predicted molar refractivity (Wildman–Crippen MR) is 69.7 cm³/mol. The van der Waals surface area contributed by atoms with E-state index in [1.165, 1.54) is 18.6 Å². The molecule has 1 saturated heterocycles. The van der Waals surface area contributed by atoms with E-state index in [-0.39, 0.29) is 0 Å². The van der Waals surface area contributed by atoms with Gasteiger partial charge in [0.2, 0.25) is 5.95 Å². The van der Waals surface area contributed by atoms with E-state index in [9.17, 15) is 8.42 Å². The number of thioether (sulfide) groups is 1. The van der Waals surface area contributed by atoms with E-state index < -0.39 is 15.2 Å². The molecule has 2 rings (SSSR count). The standard InChI is InChI=1S/C9H14N4O2S2/c1-17(14,15)8-6-16-3-2-13(8)9-11-4-7(10)5-12-9/h4-5,8H,2-3,6,10H2,1H3. The van der Waals surface area contributed by atoms with Crippen molar-refractivity contribution in [2.24, 2.45) is 0 Å². The minimum Gasteiger partial charge on any atom is -0.396 e. The highest BCUT2D eigenvalue weighted by atomic mass is 32.2. The summed E-state index contributed by atoms with van der Waals surface area (Å²) >= 11 is 1.63. The summed E-state index contributed by atoms with van der Waals surface area (Å²) < 4.78 is 23.4. The molecule has 1 aromatic heterocycles. The SMILES string of the molecule is CS(=O)(=O)C1CSCCN1c1ncc(N)cn1. The molecule has 1 aliphatic heterocycles. The van der Waals surface area contributed by atoms with Crippen molar-refractivity contribution in [1.29, 1.82) is 0 Å². The molecule has 8 heteroatoms. The van der Waals surface area contributed by atoms with Gasteiger partial charge in [-0.25, -0.2) is 18.4 Å². The Kier molecular flexibility index (Phi) is 3.43. The lowest BCUT2D eigenvalue weighted by atomic mass is 10.5. The summed E-state index contributed by atoms with van der Waals surface area (Å²) in [4.78, 5) is 9.89. The molecular weight excluding hydrogens is 260 g/mol. The zero-order valence-electron chi connectivity index (χ0n) is 9.41. The molecule has 0 aromatic carbocycles. The van der Waals surface area contributed by atoms with Gasteiger partial charge >= 0.3 is 0 Å². The highest BCUT2D eigenvalue weighted by Crippen LogP contribution is 2.23. The van der Waals surface area contributed by atoms with E-state index in [4.69, 9.17) is 5.73 Å². The fourth-order valence-electron chi connectivity index (χ4n) is 1.64. The van der Waals surface area contributed by atoms with Gasteiger partial charge in [0.15, 0.2) is 9.84 Å². The van der Waals surface area contributed by atoms with Crippen molar-refractivity contribution in [3.05, 3.63) is 12.4 Å². The van der Waals surface area contributed by atoms with Gasteiger partial charge in [-0.2, -0.15) is 11.8 Å². The highest BCUT2D eigenvalue weighted by Gasteiger charge is 2.32. The monoisotopic (exact) mass is 274 g/mol. The topological polar surface area (TPSA) is 89.2 Å². The first kappa shape index (κ1) is 12.4. The Balaban J connectivity index is 2.31. The van der Waals surface area contributed by atoms with Crippen LogP contribution in [0.15, 0.2) is 12.4 Å². The second-order valence-corrected chi connectivity index (χ2v) is 7.22. The zero-order valence-corrected chi connectivity index (χ0v) is 11.0. The van der Waals surface area contributed by atoms with Crippen molar-refractivity contribution in [2.75, 3.05) is 34.9 Å². The van der Waals surface area contributed by atoms with Crippen LogP contribution in [-0.4, -0.2) is 48.1 Å². The van der Waals surface area contributed by atoms with Crippen molar-refractivity contribution in [1.82, 2.24) is 9.97 Å². The summed E-state index contributed by atoms with van der Waals surface area (Å²) in [6.45, 7) is 0.631. The van der Waals surface area contributed by atoms with Crippen LogP contribution >= 0.6 is 11.8 Å². The Hall–Kier alpha value is -1.02. The van der Waals surface area contributed by atoms with E-state index in [1.54, 1.807) is 16.7 Å². The highest BCUT2D eigenvalue weighted by molar-refractivity contribution is 8.01. The molecule has 0 radical (unpaired) electrons. The molecule has 0 saturated carbocycles. The van der Waals surface area contributed by atoms with Crippen molar-refractivity contribution in [3.63, 3.8) is 0 Å². The van der Waals surface area contributed by atoms with Crippen LogP contribution in [-0.2, 0) is 9.84 Å². The maximum Gasteiger partial charge on any atom is 0.226 e. The molecule has 2 N–H and O–H groups in total. The maximum absolute atomic E-state index is 11.7. The van der Waals surface area contributed by atoms with Gasteiger partial charge in [0.1, 0.15) is 5.37 Å². The summed E-state index contributed by atoms with van der Waals surface area (Å²) in [7, 11) is -3.14. The first-order chi connectivity index (χ1) is 7.98. The number of nitrogens with zero attached hydrogens (tertiary/aromatic N) is 3. The molecule has 94 valence electrons. The fraction of sp³-hybridized carbons (Fsp3) is 0.556. The Morgan fingerprint density at radius 1 is 1.47 bits per heavy atom. The number of nitrogen functional groups attached to an aromatic ring is 1. The maximum atomic E-state index is 11.7. The van der Waals surface area contributed by atoms with Crippen LogP contribution in [0.1, 0.15) is 0 Å². The quantitative estimate of drug-likeness (QED) is 0.810. The molecule has 2 heterocycles. The van der Waals surface area contributed by atoms with Crippen LogP contribution in [0, 0.1) is 0 Å². The zero-order chi connectivity index (χ0) is 12.5. The van der Waals surface area contributed by atoms with Gasteiger partial charge < -0.3 is 10.6 Å². The average molecular weight is 274 g/mol. The van der Waals surface area contributed by atoms with Gasteiger partial charge in [-0.1, -0.05) is 0 Å². The number of aromatic nitrogens is 2. The predicted octanol–water partition coefficient (Wildman–Crippen LogP) is -0.0173. The van der Waals surface area contributed by atoms with Crippen LogP contribution in [0.5, 0.6) is 0 Å². The molecule has 0 spiro atoms. The second-order valence-electron chi connectivity index (χ2n) is 3.87. The largest absolute Gasteiger partial charge is 0.396 e. The molecule has 1 aliphatic rings. The van der Waals surface area contributed by atoms with Gasteiger partial charge in [0.05, 0.1) is 18.1 Å². The molecule has 1 fully saturated rings. The number of anilines is 2. The lowest BCUT2D eigenvalue weighted by Crippen LogP contribution is -2.47. The third kappa shape index (κ3) is 2.81. The van der Waals surface area contributed by atoms with Gasteiger partial charge in [0, 0.05) is 24.3 Å². The molecule has 1 atom stereocenters. The van der Waals surface area contributed by atoms with Crippen LogP contribution in [0.25, 0.3) is 0 Å². The molecule has 1 aromatic rings. The Labute approximate surface area is 105 Å². The van der Waals surface area contributed by atoms with Crippen LogP contribution in [0.3, 0.4) is 0 Å². The van der Waals surface area contributed by atoms with Gasteiger partial charge in [-0.3, -0.25) is 0 Å². The Bertz CT molecular complexity index is 488. The molecule has 17 heavy (non-hydrogen) atoms. The van der Waals surface area contributed by atoms with Crippen LogP contribution in [0.2, 0.25) is 0 Å². The van der Waals surface area contributed by atoms with E-state index in [1.807, 2.05) is 0 Å². The van der Waals surface area contributed by atoms with Crippen molar-refractivity contribution in [3.8, 4) is 0 Å². The first-order valence-corrected chi connectivity index (χ1v) is 8.20. The summed E-state index contributed by atoms with van der Waals surface area (Å²) in [6, 6.07) is 0. The normalized spacial score (nSPS) is 21.5. The third-order valence-electron chi connectivity index (χ3n) is 2.49. The lowest BCUT2D eigenvalue weighted by molar-refractivity contribution is 0.582. The minimum absolute atomic E-state index is 0.426. The summed E-state index contributed by atoms with van der Waals surface area (Å²) in [5.41, 5.74) is 5.98. The molecule has 0 aliphatic carbocycles. The van der Waals surface area contributed by atoms with Crippen LogP contribution < -0.4 is 10.6 Å². The Morgan fingerprint density at radius 2 is 2.12 bits per heavy atom. The summed E-state index contributed by atoms with van der Waals surface area (Å²) in [5.74, 6) is 1.85. The Morgan fingerprint density at radius 3 is 2.71 bits per heavy atom. The third-order valence-corrected chi connectivity index (χ3v) is 5.14. The van der Waals surface area contributed by atoms with Crippen LogP contribution in [0.4, 0.5) is 11.6 Å². The van der Waals surface area contributed by atoms with E-state index in [0.717, 1.165) is 5.75 Å². The summed E-state index contributed by atoms with van der Waals surface area (Å²) in [6.07, 6.45) is 4.22. The lowest BCUT2D eigenvalue weighted by Gasteiger charge is -2.33. The smallest absolute Gasteiger partial charge is 0.226 e.